The Kier molecular flexibility index (Phi) is 6.38. The number of rotatable bonds is 5. The molecule has 0 saturated heterocycles. The van der Waals surface area contributed by atoms with Crippen LogP contribution in [0.15, 0.2) is 11.3 Å². The Balaban J connectivity index is 3.15. The summed E-state index contributed by atoms with van der Waals surface area (Å²) in [6.45, 7) is 1.80. The summed E-state index contributed by atoms with van der Waals surface area (Å²) in [5.41, 5.74) is -3.00. The van der Waals surface area contributed by atoms with Crippen molar-refractivity contribution in [1.29, 1.82) is 0 Å². The molecule has 0 aromatic carbocycles. The highest BCUT2D eigenvalue weighted by molar-refractivity contribution is 5.97. The van der Waals surface area contributed by atoms with Gasteiger partial charge in [-0.1, -0.05) is 26.2 Å². The number of hydrogen-bond acceptors (Lipinski definition) is 2. The van der Waals surface area contributed by atoms with E-state index in [1.807, 2.05) is 0 Å². The van der Waals surface area contributed by atoms with Gasteiger partial charge in [0.1, 0.15) is 5.76 Å². The molecule has 0 spiro atoms. The lowest BCUT2D eigenvalue weighted by Gasteiger charge is -2.32. The van der Waals surface area contributed by atoms with Gasteiger partial charge in [0.2, 0.25) is 0 Å². The number of carbonyl (C=O) groups is 1. The zero-order valence-corrected chi connectivity index (χ0v) is 13.7. The number of hydrogen-bond donors (Lipinski definition) is 1. The standard InChI is InChI=1S/C16H22F6O2/c1-10(12(23)11-6-4-3-5-7-11)13(24)14(2,8-15(17,18)19)9-16(20,21)22/h11,24H,3-9H2,1-2H3. The number of halogens is 6. The molecular formula is C16H22F6O2. The second-order valence-corrected chi connectivity index (χ2v) is 6.82. The molecule has 2 nitrogen and oxygen atoms in total. The van der Waals surface area contributed by atoms with Crippen LogP contribution in [0.1, 0.15) is 58.8 Å². The topological polar surface area (TPSA) is 37.3 Å². The third-order valence-corrected chi connectivity index (χ3v) is 4.45. The maximum atomic E-state index is 12.7. The van der Waals surface area contributed by atoms with Crippen LogP contribution in [-0.2, 0) is 4.79 Å². The van der Waals surface area contributed by atoms with Crippen LogP contribution in [0.25, 0.3) is 0 Å². The van der Waals surface area contributed by atoms with E-state index in [4.69, 9.17) is 0 Å². The highest BCUT2D eigenvalue weighted by Gasteiger charge is 2.49. The molecule has 0 radical (unpaired) electrons. The van der Waals surface area contributed by atoms with Crippen molar-refractivity contribution in [2.24, 2.45) is 11.3 Å². The number of allylic oxidation sites excluding steroid dienone is 2. The summed E-state index contributed by atoms with van der Waals surface area (Å²) in [5, 5.41) is 10.1. The second-order valence-electron chi connectivity index (χ2n) is 6.82. The highest BCUT2D eigenvalue weighted by Crippen LogP contribution is 2.46. The Morgan fingerprint density at radius 1 is 0.958 bits per heavy atom. The van der Waals surface area contributed by atoms with Crippen molar-refractivity contribution in [2.75, 3.05) is 0 Å². The number of aliphatic hydroxyl groups excluding tert-OH is 1. The zero-order valence-electron chi connectivity index (χ0n) is 13.7. The summed E-state index contributed by atoms with van der Waals surface area (Å²) in [4.78, 5) is 12.3. The first-order chi connectivity index (χ1) is 10.8. The molecule has 0 heterocycles. The largest absolute Gasteiger partial charge is 0.511 e. The van der Waals surface area contributed by atoms with Crippen LogP contribution in [-0.4, -0.2) is 23.2 Å². The predicted molar refractivity (Wildman–Crippen MR) is 76.4 cm³/mol. The molecule has 24 heavy (non-hydrogen) atoms. The Labute approximate surface area is 136 Å². The van der Waals surface area contributed by atoms with Gasteiger partial charge in [0.05, 0.1) is 12.8 Å². The van der Waals surface area contributed by atoms with Crippen molar-refractivity contribution in [3.05, 3.63) is 11.3 Å². The molecule has 1 N–H and O–H groups in total. The lowest BCUT2D eigenvalue weighted by atomic mass is 9.76. The van der Waals surface area contributed by atoms with Gasteiger partial charge in [-0.15, -0.1) is 0 Å². The van der Waals surface area contributed by atoms with Gasteiger partial charge in [-0.2, -0.15) is 26.3 Å². The van der Waals surface area contributed by atoms with Gasteiger partial charge in [-0.05, 0) is 19.8 Å². The molecular weight excluding hydrogens is 338 g/mol. The molecule has 140 valence electrons. The fraction of sp³-hybridized carbons (Fsp3) is 0.812. The summed E-state index contributed by atoms with van der Waals surface area (Å²) in [7, 11) is 0. The molecule has 0 aromatic rings. The Morgan fingerprint density at radius 3 is 1.75 bits per heavy atom. The fourth-order valence-corrected chi connectivity index (χ4v) is 3.36. The number of Topliss-reactive ketones (excluding diaryl/α,β-unsaturated/α-hetero) is 1. The molecule has 0 unspecified atom stereocenters. The molecule has 0 aromatic heterocycles. The van der Waals surface area contributed by atoms with Crippen molar-refractivity contribution < 1.29 is 36.2 Å². The van der Waals surface area contributed by atoms with E-state index < -0.39 is 53.6 Å². The average Bonchev–Trinajstić information content (AvgIpc) is 2.41. The van der Waals surface area contributed by atoms with Crippen molar-refractivity contribution >= 4 is 5.78 Å². The van der Waals surface area contributed by atoms with Crippen LogP contribution in [0.2, 0.25) is 0 Å². The van der Waals surface area contributed by atoms with Crippen LogP contribution < -0.4 is 0 Å². The molecule has 1 rings (SSSR count). The van der Waals surface area contributed by atoms with Gasteiger partial charge in [-0.25, -0.2) is 0 Å². The summed E-state index contributed by atoms with van der Waals surface area (Å²) >= 11 is 0. The molecule has 0 aliphatic heterocycles. The molecule has 1 aliphatic rings. The third kappa shape index (κ3) is 6.02. The van der Waals surface area contributed by atoms with E-state index in [1.54, 1.807) is 0 Å². The van der Waals surface area contributed by atoms with Crippen LogP contribution in [0.3, 0.4) is 0 Å². The normalized spacial score (nSPS) is 19.2. The first kappa shape index (κ1) is 20.8. The number of carbonyl (C=O) groups excluding carboxylic acids is 1. The number of ketones is 1. The fourth-order valence-electron chi connectivity index (χ4n) is 3.36. The molecule has 1 aliphatic carbocycles. The highest BCUT2D eigenvalue weighted by atomic mass is 19.4. The van der Waals surface area contributed by atoms with E-state index in [0.717, 1.165) is 26.2 Å². The van der Waals surface area contributed by atoms with Gasteiger partial charge in [-0.3, -0.25) is 4.79 Å². The monoisotopic (exact) mass is 360 g/mol. The first-order valence-corrected chi connectivity index (χ1v) is 7.83. The first-order valence-electron chi connectivity index (χ1n) is 7.83. The molecule has 1 fully saturated rings. The van der Waals surface area contributed by atoms with Crippen LogP contribution in [0.4, 0.5) is 26.3 Å². The Hall–Kier alpha value is -1.21. The predicted octanol–water partition coefficient (Wildman–Crippen LogP) is 5.88. The van der Waals surface area contributed by atoms with Crippen molar-refractivity contribution in [3.8, 4) is 0 Å². The van der Waals surface area contributed by atoms with Gasteiger partial charge >= 0.3 is 12.4 Å². The minimum Gasteiger partial charge on any atom is -0.511 e. The molecule has 8 heteroatoms. The van der Waals surface area contributed by atoms with E-state index in [0.29, 0.717) is 19.8 Å². The lowest BCUT2D eigenvalue weighted by molar-refractivity contribution is -0.190. The van der Waals surface area contributed by atoms with E-state index in [1.165, 1.54) is 0 Å². The van der Waals surface area contributed by atoms with Gasteiger partial charge < -0.3 is 5.11 Å². The van der Waals surface area contributed by atoms with Crippen molar-refractivity contribution in [3.63, 3.8) is 0 Å². The molecule has 0 amide bonds. The van der Waals surface area contributed by atoms with E-state index in [-0.39, 0.29) is 0 Å². The maximum absolute atomic E-state index is 12.7. The summed E-state index contributed by atoms with van der Waals surface area (Å²) in [6, 6.07) is 0. The van der Waals surface area contributed by atoms with Crippen LogP contribution in [0.5, 0.6) is 0 Å². The third-order valence-electron chi connectivity index (χ3n) is 4.45. The van der Waals surface area contributed by atoms with Gasteiger partial charge in [0, 0.05) is 16.9 Å². The average molecular weight is 360 g/mol. The number of aliphatic hydroxyl groups is 1. The summed E-state index contributed by atoms with van der Waals surface area (Å²) < 4.78 is 76.3. The van der Waals surface area contributed by atoms with Crippen molar-refractivity contribution in [1.82, 2.24) is 0 Å². The molecule has 0 atom stereocenters. The minimum atomic E-state index is -4.90. The molecule has 0 bridgehead atoms. The molecule has 1 saturated carbocycles. The zero-order chi connectivity index (χ0) is 18.8. The summed E-state index contributed by atoms with van der Waals surface area (Å²) in [5.74, 6) is -2.10. The van der Waals surface area contributed by atoms with E-state index in [2.05, 4.69) is 0 Å². The SMILES string of the molecule is CC(C(=O)C1CCCCC1)=C(O)C(C)(CC(F)(F)F)CC(F)(F)F. The van der Waals surface area contributed by atoms with Gasteiger partial charge in [0.25, 0.3) is 0 Å². The Morgan fingerprint density at radius 2 is 1.38 bits per heavy atom. The lowest BCUT2D eigenvalue weighted by Crippen LogP contribution is -2.34. The van der Waals surface area contributed by atoms with Crippen LogP contribution >= 0.6 is 0 Å². The van der Waals surface area contributed by atoms with E-state index in [9.17, 15) is 36.2 Å². The minimum absolute atomic E-state index is 0.391. The number of alkyl halides is 6. The van der Waals surface area contributed by atoms with Gasteiger partial charge in [0.15, 0.2) is 5.78 Å². The van der Waals surface area contributed by atoms with E-state index >= 15 is 0 Å². The smallest absolute Gasteiger partial charge is 0.390 e. The van der Waals surface area contributed by atoms with Crippen molar-refractivity contribution in [2.45, 2.75) is 71.1 Å². The Bertz CT molecular complexity index is 468. The second kappa shape index (κ2) is 7.35. The quantitative estimate of drug-likeness (QED) is 0.378. The summed E-state index contributed by atoms with van der Waals surface area (Å²) in [6.07, 6.45) is -9.90. The van der Waals surface area contributed by atoms with Crippen LogP contribution in [0, 0.1) is 11.3 Å². The maximum Gasteiger partial charge on any atom is 0.390 e.